The van der Waals surface area contributed by atoms with E-state index in [0.717, 1.165) is 31.0 Å². The molecule has 0 spiro atoms. The van der Waals surface area contributed by atoms with Crippen LogP contribution in [0.2, 0.25) is 5.02 Å². The molecule has 0 amide bonds. The zero-order valence-electron chi connectivity index (χ0n) is 11.4. The Bertz CT molecular complexity index is 413. The van der Waals surface area contributed by atoms with Crippen LogP contribution in [0, 0.1) is 0 Å². The van der Waals surface area contributed by atoms with Crippen molar-refractivity contribution in [2.24, 2.45) is 0 Å². The van der Waals surface area contributed by atoms with Crippen LogP contribution in [0.3, 0.4) is 0 Å². The summed E-state index contributed by atoms with van der Waals surface area (Å²) < 4.78 is 5.51. The normalized spacial score (nSPS) is 18.4. The highest BCUT2D eigenvalue weighted by molar-refractivity contribution is 6.30. The van der Waals surface area contributed by atoms with Gasteiger partial charge >= 0.3 is 0 Å². The summed E-state index contributed by atoms with van der Waals surface area (Å²) in [6.07, 6.45) is 2.18. The minimum absolute atomic E-state index is 0.0544. The molecular weight excluding hydrogens is 246 g/mol. The fourth-order valence-corrected chi connectivity index (χ4v) is 2.60. The van der Waals surface area contributed by atoms with Gasteiger partial charge in [-0.05, 0) is 44.4 Å². The summed E-state index contributed by atoms with van der Waals surface area (Å²) in [5.41, 5.74) is 1.53. The molecule has 0 bridgehead atoms. The van der Waals surface area contributed by atoms with E-state index in [9.17, 15) is 0 Å². The molecule has 1 aliphatic heterocycles. The van der Waals surface area contributed by atoms with Gasteiger partial charge in [-0.25, -0.2) is 0 Å². The summed E-state index contributed by atoms with van der Waals surface area (Å²) in [5.74, 6) is 0. The summed E-state index contributed by atoms with van der Waals surface area (Å²) in [6, 6.07) is 8.26. The van der Waals surface area contributed by atoms with E-state index in [1.54, 1.807) is 7.11 Å². The molecule has 1 N–H and O–H groups in total. The summed E-state index contributed by atoms with van der Waals surface area (Å²) in [5, 5.41) is 4.21. The highest BCUT2D eigenvalue weighted by Crippen LogP contribution is 2.36. The van der Waals surface area contributed by atoms with Crippen LogP contribution in [0.25, 0.3) is 0 Å². The topological polar surface area (TPSA) is 21.3 Å². The van der Waals surface area contributed by atoms with Gasteiger partial charge in [-0.1, -0.05) is 23.7 Å². The molecule has 1 aliphatic rings. The van der Waals surface area contributed by atoms with Crippen molar-refractivity contribution in [3.63, 3.8) is 0 Å². The van der Waals surface area contributed by atoms with Crippen LogP contribution in [0.1, 0.15) is 32.3 Å². The van der Waals surface area contributed by atoms with E-state index in [1.165, 1.54) is 5.56 Å². The average molecular weight is 268 g/mol. The standard InChI is InChI=1S/C15H22ClNO/c1-14(2,18-3)7-8-15(10-17-11-15)12-5-4-6-13(16)9-12/h4-6,9,17H,7-8,10-11H2,1-3H3. The molecule has 3 heteroatoms. The number of ether oxygens (including phenoxy) is 1. The number of nitrogens with one attached hydrogen (secondary N) is 1. The number of halogens is 1. The Morgan fingerprint density at radius 3 is 2.61 bits per heavy atom. The second-order valence-electron chi connectivity index (χ2n) is 5.86. The Balaban J connectivity index is 2.12. The van der Waals surface area contributed by atoms with Crippen LogP contribution in [0.4, 0.5) is 0 Å². The van der Waals surface area contributed by atoms with E-state index in [4.69, 9.17) is 16.3 Å². The van der Waals surface area contributed by atoms with E-state index in [0.29, 0.717) is 0 Å². The second-order valence-corrected chi connectivity index (χ2v) is 6.29. The Morgan fingerprint density at radius 1 is 1.39 bits per heavy atom. The molecule has 1 aromatic rings. The molecule has 0 aromatic heterocycles. The van der Waals surface area contributed by atoms with Crippen LogP contribution in [0.15, 0.2) is 24.3 Å². The number of benzene rings is 1. The van der Waals surface area contributed by atoms with Gasteiger partial charge in [0.15, 0.2) is 0 Å². The van der Waals surface area contributed by atoms with Crippen molar-refractivity contribution in [1.82, 2.24) is 5.32 Å². The molecule has 1 saturated heterocycles. The maximum Gasteiger partial charge on any atom is 0.0623 e. The number of rotatable bonds is 5. The first-order valence-electron chi connectivity index (χ1n) is 6.49. The SMILES string of the molecule is COC(C)(C)CCC1(c2cccc(Cl)c2)CNC1. The molecule has 0 radical (unpaired) electrons. The van der Waals surface area contributed by atoms with Crippen LogP contribution in [-0.2, 0) is 10.2 Å². The molecule has 2 nitrogen and oxygen atoms in total. The van der Waals surface area contributed by atoms with Gasteiger partial charge < -0.3 is 10.1 Å². The van der Waals surface area contributed by atoms with Gasteiger partial charge in [0.2, 0.25) is 0 Å². The Morgan fingerprint density at radius 2 is 2.11 bits per heavy atom. The monoisotopic (exact) mass is 267 g/mol. The predicted octanol–water partition coefficient (Wildman–Crippen LogP) is 3.39. The van der Waals surface area contributed by atoms with E-state index < -0.39 is 0 Å². The molecule has 1 aromatic carbocycles. The van der Waals surface area contributed by atoms with Crippen molar-refractivity contribution in [3.8, 4) is 0 Å². The molecule has 100 valence electrons. The van der Waals surface area contributed by atoms with Crippen molar-refractivity contribution in [3.05, 3.63) is 34.9 Å². The quantitative estimate of drug-likeness (QED) is 0.883. The molecule has 2 rings (SSSR count). The number of hydrogen-bond acceptors (Lipinski definition) is 2. The van der Waals surface area contributed by atoms with E-state index in [2.05, 4.69) is 31.3 Å². The molecule has 0 unspecified atom stereocenters. The average Bonchev–Trinajstić information content (AvgIpc) is 2.28. The molecule has 0 atom stereocenters. The number of methoxy groups -OCH3 is 1. The minimum Gasteiger partial charge on any atom is -0.379 e. The first-order chi connectivity index (χ1) is 8.47. The smallest absolute Gasteiger partial charge is 0.0623 e. The summed E-state index contributed by atoms with van der Waals surface area (Å²) in [6.45, 7) is 6.36. The van der Waals surface area contributed by atoms with Gasteiger partial charge in [0.1, 0.15) is 0 Å². The van der Waals surface area contributed by atoms with Gasteiger partial charge in [0.05, 0.1) is 5.60 Å². The van der Waals surface area contributed by atoms with Crippen molar-refractivity contribution in [2.75, 3.05) is 20.2 Å². The predicted molar refractivity (Wildman–Crippen MR) is 76.3 cm³/mol. The van der Waals surface area contributed by atoms with Crippen LogP contribution < -0.4 is 5.32 Å². The largest absolute Gasteiger partial charge is 0.379 e. The van der Waals surface area contributed by atoms with E-state index in [1.807, 2.05) is 12.1 Å². The maximum absolute atomic E-state index is 6.10. The highest BCUT2D eigenvalue weighted by atomic mass is 35.5. The molecular formula is C15H22ClNO. The Labute approximate surface area is 115 Å². The van der Waals surface area contributed by atoms with Crippen molar-refractivity contribution in [1.29, 1.82) is 0 Å². The first-order valence-corrected chi connectivity index (χ1v) is 6.87. The third-order valence-electron chi connectivity index (χ3n) is 4.12. The van der Waals surface area contributed by atoms with Crippen molar-refractivity contribution >= 4 is 11.6 Å². The van der Waals surface area contributed by atoms with Gasteiger partial charge in [-0.2, -0.15) is 0 Å². The lowest BCUT2D eigenvalue weighted by Gasteiger charge is -2.45. The summed E-state index contributed by atoms with van der Waals surface area (Å²) in [4.78, 5) is 0. The van der Waals surface area contributed by atoms with Crippen LogP contribution in [0.5, 0.6) is 0 Å². The molecule has 1 fully saturated rings. The Hall–Kier alpha value is -0.570. The van der Waals surface area contributed by atoms with Crippen LogP contribution in [-0.4, -0.2) is 25.8 Å². The van der Waals surface area contributed by atoms with Crippen molar-refractivity contribution in [2.45, 2.75) is 37.7 Å². The number of hydrogen-bond donors (Lipinski definition) is 1. The highest BCUT2D eigenvalue weighted by Gasteiger charge is 2.39. The van der Waals surface area contributed by atoms with Gasteiger partial charge in [0.25, 0.3) is 0 Å². The summed E-state index contributed by atoms with van der Waals surface area (Å²) >= 11 is 6.10. The third-order valence-corrected chi connectivity index (χ3v) is 4.36. The van der Waals surface area contributed by atoms with Crippen LogP contribution >= 0.6 is 11.6 Å². The maximum atomic E-state index is 6.10. The first kappa shape index (κ1) is 13.9. The molecule has 0 aliphatic carbocycles. The fraction of sp³-hybridized carbons (Fsp3) is 0.600. The lowest BCUT2D eigenvalue weighted by molar-refractivity contribution is 0.00566. The fourth-order valence-electron chi connectivity index (χ4n) is 2.41. The van der Waals surface area contributed by atoms with Gasteiger partial charge in [-0.3, -0.25) is 0 Å². The lowest BCUT2D eigenvalue weighted by Crippen LogP contribution is -2.57. The summed E-state index contributed by atoms with van der Waals surface area (Å²) in [7, 11) is 1.78. The third kappa shape index (κ3) is 2.87. The zero-order chi connectivity index (χ0) is 13.2. The Kier molecular flexibility index (Phi) is 4.00. The molecule has 18 heavy (non-hydrogen) atoms. The molecule has 1 heterocycles. The van der Waals surface area contributed by atoms with Crippen molar-refractivity contribution < 1.29 is 4.74 Å². The second kappa shape index (κ2) is 5.20. The minimum atomic E-state index is -0.0544. The van der Waals surface area contributed by atoms with E-state index in [-0.39, 0.29) is 11.0 Å². The molecule has 0 saturated carbocycles. The zero-order valence-corrected chi connectivity index (χ0v) is 12.2. The van der Waals surface area contributed by atoms with Gasteiger partial charge in [-0.15, -0.1) is 0 Å². The van der Waals surface area contributed by atoms with Gasteiger partial charge in [0, 0.05) is 30.6 Å². The lowest BCUT2D eigenvalue weighted by atomic mass is 9.70. The van der Waals surface area contributed by atoms with E-state index >= 15 is 0 Å².